The number of fused-ring (bicyclic) bond motifs is 2. The van der Waals surface area contributed by atoms with Crippen LogP contribution in [0, 0.1) is 10.8 Å². The Morgan fingerprint density at radius 2 is 0.889 bits per heavy atom. The van der Waals surface area contributed by atoms with E-state index in [0.29, 0.717) is 11.8 Å². The maximum absolute atomic E-state index is 15.1. The molecule has 0 heterocycles. The summed E-state index contributed by atoms with van der Waals surface area (Å²) in [7, 11) is 0. The average molecular weight is 993 g/mol. The van der Waals surface area contributed by atoms with Gasteiger partial charge in [-0.3, -0.25) is 0 Å². The van der Waals surface area contributed by atoms with E-state index < -0.39 is 30.0 Å². The molecule has 4 aliphatic carbocycles. The molecule has 0 amide bonds. The van der Waals surface area contributed by atoms with Crippen LogP contribution in [0.15, 0.2) is 96.1 Å². The van der Waals surface area contributed by atoms with E-state index in [4.69, 9.17) is 0 Å². The molecular formula is C56H73Cl2F3SiZr. The summed E-state index contributed by atoms with van der Waals surface area (Å²) in [6, 6.07) is 32.3. The zero-order valence-electron chi connectivity index (χ0n) is 39.5. The number of rotatable bonds is 8. The van der Waals surface area contributed by atoms with Gasteiger partial charge in [-0.1, -0.05) is 0 Å². The molecule has 0 N–H and O–H groups in total. The molecule has 2 atom stereocenters. The van der Waals surface area contributed by atoms with E-state index in [1.165, 1.54) is 142 Å². The first kappa shape index (κ1) is 50.2. The zero-order valence-corrected chi connectivity index (χ0v) is 45.0. The Hall–Kier alpha value is -2.17. The van der Waals surface area contributed by atoms with Crippen LogP contribution in [0.25, 0.3) is 33.4 Å². The Morgan fingerprint density at radius 3 is 1.21 bits per heavy atom. The minimum Gasteiger partial charge on any atom is -0.147 e. The van der Waals surface area contributed by atoms with Crippen molar-refractivity contribution in [3.05, 3.63) is 129 Å². The Bertz CT molecular complexity index is 2280. The molecule has 0 spiro atoms. The first-order valence-corrected chi connectivity index (χ1v) is 36.7. The van der Waals surface area contributed by atoms with E-state index in [2.05, 4.69) is 152 Å². The van der Waals surface area contributed by atoms with Gasteiger partial charge in [0.15, 0.2) is 0 Å². The standard InChI is InChI=1S/2C26H31.C3H4F3.CH3.2ClH.H2Si.Zr/c2*1-18-24(26(2,3)4)17-22-11-8-12-23(25(18)22)21-15-13-20(14-16-21)19-9-6-5-7-10-19;1-2-3(4,5)6;;;;;/h2*8,11-17,19H,5-7,9-10H2,1-4H3;1-2H2;1H3;2*1H;1H2;. The first-order chi connectivity index (χ1) is 28.7. The second-order valence-electron chi connectivity index (χ2n) is 22.5. The van der Waals surface area contributed by atoms with Crippen LogP contribution in [0.2, 0.25) is 8.76 Å². The van der Waals surface area contributed by atoms with Gasteiger partial charge in [0, 0.05) is 0 Å². The average Bonchev–Trinajstić information content (AvgIpc) is 3.74. The number of allylic oxidation sites excluding steroid dienone is 4. The molecule has 4 aliphatic rings. The molecule has 4 aromatic rings. The largest absolute Gasteiger partial charge is 0.147 e. The van der Waals surface area contributed by atoms with Crippen molar-refractivity contribution in [3.63, 3.8) is 0 Å². The molecular weight excluding hydrogens is 920 g/mol. The minimum absolute atomic E-state index is 0. The fourth-order valence-electron chi connectivity index (χ4n) is 13.4. The fraction of sp³-hybridized carbons (Fsp3) is 0.500. The molecule has 340 valence electrons. The van der Waals surface area contributed by atoms with E-state index in [-0.39, 0.29) is 47.0 Å². The van der Waals surface area contributed by atoms with Gasteiger partial charge >= 0.3 is 371 Å². The molecule has 0 aliphatic heterocycles. The van der Waals surface area contributed by atoms with E-state index in [1.54, 1.807) is 0 Å². The van der Waals surface area contributed by atoms with Crippen LogP contribution in [-0.2, 0) is 17.4 Å². The number of hydrogen-bond acceptors (Lipinski definition) is 0. The van der Waals surface area contributed by atoms with Gasteiger partial charge in [-0.25, -0.2) is 0 Å². The van der Waals surface area contributed by atoms with Gasteiger partial charge in [0.1, 0.15) is 0 Å². The van der Waals surface area contributed by atoms with Gasteiger partial charge < -0.3 is 0 Å². The maximum atomic E-state index is 15.1. The van der Waals surface area contributed by atoms with E-state index in [9.17, 15) is 0 Å². The molecule has 0 nitrogen and oxygen atoms in total. The van der Waals surface area contributed by atoms with Crippen LogP contribution in [0.3, 0.4) is 0 Å². The molecule has 7 heteroatoms. The van der Waals surface area contributed by atoms with Crippen molar-refractivity contribution in [1.29, 1.82) is 0 Å². The minimum atomic E-state index is -4.96. The predicted molar refractivity (Wildman–Crippen MR) is 269 cm³/mol. The fourth-order valence-corrected chi connectivity index (χ4v) is 37.4. The van der Waals surface area contributed by atoms with Crippen molar-refractivity contribution in [2.45, 2.75) is 160 Å². The Balaban J connectivity index is 0.00000330. The molecule has 0 radical (unpaired) electrons. The number of halogens is 5. The molecule has 2 saturated carbocycles. The van der Waals surface area contributed by atoms with Crippen LogP contribution in [0.5, 0.6) is 0 Å². The molecule has 63 heavy (non-hydrogen) atoms. The van der Waals surface area contributed by atoms with E-state index in [0.717, 1.165) is 0 Å². The van der Waals surface area contributed by atoms with Crippen molar-refractivity contribution >= 4 is 42.8 Å². The Labute approximate surface area is 393 Å². The summed E-state index contributed by atoms with van der Waals surface area (Å²) in [5, 5.41) is 0. The molecule has 4 aromatic carbocycles. The first-order valence-electron chi connectivity index (χ1n) is 23.7. The molecule has 8 rings (SSSR count). The SMILES string of the molecule is CC1=C(C(C)(C)C)[CH]([Zr]([CH3])(=[SiH2])([CH2]CC(F)(F)F)[CH]2C(C(C)(C)C)=C(C)c3c(-c4ccc(C5CCCCC5)cc4)cccc32)c2cccc(-c3ccc(C4CCCCC4)cc3)c21.Cl.Cl. The zero-order chi connectivity index (χ0) is 43.7. The van der Waals surface area contributed by atoms with Crippen molar-refractivity contribution in [2.75, 3.05) is 0 Å². The van der Waals surface area contributed by atoms with Gasteiger partial charge in [-0.05, 0) is 0 Å². The van der Waals surface area contributed by atoms with Crippen LogP contribution >= 0.6 is 24.8 Å². The van der Waals surface area contributed by atoms with Gasteiger partial charge in [0.2, 0.25) is 0 Å². The van der Waals surface area contributed by atoms with Crippen molar-refractivity contribution in [1.82, 2.24) is 0 Å². The Kier molecular flexibility index (Phi) is 14.7. The van der Waals surface area contributed by atoms with E-state index >= 15 is 13.2 Å². The second kappa shape index (κ2) is 18.5. The topological polar surface area (TPSA) is 0 Å². The van der Waals surface area contributed by atoms with Crippen molar-refractivity contribution < 1.29 is 30.6 Å². The second-order valence-corrected chi connectivity index (χ2v) is 50.9. The maximum Gasteiger partial charge on any atom is -0.147 e. The predicted octanol–water partition coefficient (Wildman–Crippen LogP) is 18.1. The molecule has 0 saturated heterocycles. The van der Waals surface area contributed by atoms with Crippen LogP contribution in [0.4, 0.5) is 13.2 Å². The molecule has 0 bridgehead atoms. The van der Waals surface area contributed by atoms with Gasteiger partial charge in [0.25, 0.3) is 0 Å². The monoisotopic (exact) mass is 990 g/mol. The number of hydrogen-bond donors (Lipinski definition) is 0. The summed E-state index contributed by atoms with van der Waals surface area (Å²) >= 11 is -4.96. The summed E-state index contributed by atoms with van der Waals surface area (Å²) in [5.41, 5.74) is 17.6. The van der Waals surface area contributed by atoms with Gasteiger partial charge in [0.05, 0.1) is 0 Å². The van der Waals surface area contributed by atoms with Gasteiger partial charge in [-0.2, -0.15) is 0 Å². The van der Waals surface area contributed by atoms with Crippen molar-refractivity contribution in [3.8, 4) is 22.3 Å². The van der Waals surface area contributed by atoms with Crippen molar-refractivity contribution in [2.24, 2.45) is 10.8 Å². The third-order valence-corrected chi connectivity index (χ3v) is 38.5. The van der Waals surface area contributed by atoms with Crippen LogP contribution < -0.4 is 0 Å². The Morgan fingerprint density at radius 1 is 0.540 bits per heavy atom. The van der Waals surface area contributed by atoms with Crippen LogP contribution in [0.1, 0.15) is 178 Å². The quantitative estimate of drug-likeness (QED) is 0.154. The normalized spacial score (nSPS) is 20.3. The number of alkyl halides is 3. The number of benzene rings is 4. The summed E-state index contributed by atoms with van der Waals surface area (Å²) in [5.74, 6) is 1.27. The van der Waals surface area contributed by atoms with Crippen LogP contribution in [-0.4, -0.2) is 13.1 Å². The third-order valence-electron chi connectivity index (χ3n) is 16.0. The molecule has 0 aromatic heterocycles. The molecule has 2 unspecified atom stereocenters. The third kappa shape index (κ3) is 9.41. The summed E-state index contributed by atoms with van der Waals surface area (Å²) in [4.78, 5) is 0. The van der Waals surface area contributed by atoms with E-state index in [1.807, 2.05) is 0 Å². The molecule has 2 fully saturated rings. The smallest absolute Gasteiger partial charge is 0.147 e. The van der Waals surface area contributed by atoms with Gasteiger partial charge in [-0.15, -0.1) is 24.8 Å². The summed E-state index contributed by atoms with van der Waals surface area (Å²) < 4.78 is 47.8. The summed E-state index contributed by atoms with van der Waals surface area (Å²) in [6.07, 6.45) is 7.99. The summed E-state index contributed by atoms with van der Waals surface area (Å²) in [6.45, 7) is 20.6.